The second-order valence-electron chi connectivity index (χ2n) is 2.77. The maximum atomic E-state index is 5.49. The third-order valence-corrected chi connectivity index (χ3v) is 1.93. The van der Waals surface area contributed by atoms with Crippen molar-refractivity contribution in [3.8, 4) is 0 Å². The van der Waals surface area contributed by atoms with Crippen LogP contribution in [0.3, 0.4) is 0 Å². The van der Waals surface area contributed by atoms with Crippen molar-refractivity contribution in [2.75, 3.05) is 0 Å². The SMILES string of the molecule is CCc1ccc2nnc(CN)n2n1. The molecule has 2 aromatic rings. The van der Waals surface area contributed by atoms with Gasteiger partial charge in [-0.25, -0.2) is 0 Å². The van der Waals surface area contributed by atoms with Gasteiger partial charge in [-0.3, -0.25) is 0 Å². The van der Waals surface area contributed by atoms with Gasteiger partial charge in [0.1, 0.15) is 0 Å². The van der Waals surface area contributed by atoms with Gasteiger partial charge < -0.3 is 5.73 Å². The molecular weight excluding hydrogens is 166 g/mol. The van der Waals surface area contributed by atoms with Crippen LogP contribution in [0.2, 0.25) is 0 Å². The Hall–Kier alpha value is -1.49. The van der Waals surface area contributed by atoms with Gasteiger partial charge in [0.05, 0.1) is 12.2 Å². The van der Waals surface area contributed by atoms with Crippen molar-refractivity contribution in [1.82, 2.24) is 19.8 Å². The van der Waals surface area contributed by atoms with E-state index < -0.39 is 0 Å². The summed E-state index contributed by atoms with van der Waals surface area (Å²) in [6.07, 6.45) is 0.901. The molecule has 0 bridgehead atoms. The molecule has 0 aliphatic carbocycles. The highest BCUT2D eigenvalue weighted by atomic mass is 15.4. The summed E-state index contributed by atoms with van der Waals surface area (Å²) in [6.45, 7) is 2.42. The van der Waals surface area contributed by atoms with Gasteiger partial charge >= 0.3 is 0 Å². The van der Waals surface area contributed by atoms with E-state index in [9.17, 15) is 0 Å². The highest BCUT2D eigenvalue weighted by Crippen LogP contribution is 2.02. The molecule has 0 atom stereocenters. The second kappa shape index (κ2) is 3.10. The summed E-state index contributed by atoms with van der Waals surface area (Å²) in [5.41, 5.74) is 7.25. The number of hydrogen-bond donors (Lipinski definition) is 1. The van der Waals surface area contributed by atoms with Crippen LogP contribution in [0.25, 0.3) is 5.65 Å². The molecular formula is C8H11N5. The Kier molecular flexibility index (Phi) is 1.94. The van der Waals surface area contributed by atoms with E-state index in [1.165, 1.54) is 0 Å². The van der Waals surface area contributed by atoms with Gasteiger partial charge in [0.2, 0.25) is 0 Å². The van der Waals surface area contributed by atoms with Crippen LogP contribution in [-0.4, -0.2) is 19.8 Å². The van der Waals surface area contributed by atoms with Gasteiger partial charge in [0.25, 0.3) is 0 Å². The van der Waals surface area contributed by atoms with Crippen LogP contribution in [0.4, 0.5) is 0 Å². The molecule has 68 valence electrons. The van der Waals surface area contributed by atoms with Crippen LogP contribution < -0.4 is 5.73 Å². The number of hydrogen-bond acceptors (Lipinski definition) is 4. The monoisotopic (exact) mass is 177 g/mol. The zero-order valence-electron chi connectivity index (χ0n) is 7.44. The third kappa shape index (κ3) is 1.27. The average Bonchev–Trinajstić information content (AvgIpc) is 2.59. The molecule has 0 aliphatic heterocycles. The Morgan fingerprint density at radius 2 is 2.23 bits per heavy atom. The minimum absolute atomic E-state index is 0.362. The van der Waals surface area contributed by atoms with E-state index in [1.807, 2.05) is 12.1 Å². The van der Waals surface area contributed by atoms with Crippen molar-refractivity contribution in [3.05, 3.63) is 23.7 Å². The van der Waals surface area contributed by atoms with E-state index in [4.69, 9.17) is 5.73 Å². The molecule has 5 heteroatoms. The summed E-state index contributed by atoms with van der Waals surface area (Å²) in [5.74, 6) is 0.699. The van der Waals surface area contributed by atoms with Gasteiger partial charge in [-0.15, -0.1) is 10.2 Å². The largest absolute Gasteiger partial charge is 0.324 e. The summed E-state index contributed by atoms with van der Waals surface area (Å²) < 4.78 is 1.69. The van der Waals surface area contributed by atoms with Gasteiger partial charge in [-0.2, -0.15) is 9.61 Å². The van der Waals surface area contributed by atoms with E-state index in [2.05, 4.69) is 22.2 Å². The zero-order valence-corrected chi connectivity index (χ0v) is 7.44. The minimum Gasteiger partial charge on any atom is -0.324 e. The fraction of sp³-hybridized carbons (Fsp3) is 0.375. The second-order valence-corrected chi connectivity index (χ2v) is 2.77. The van der Waals surface area contributed by atoms with Crippen molar-refractivity contribution in [2.24, 2.45) is 5.73 Å². The van der Waals surface area contributed by atoms with Gasteiger partial charge in [-0.1, -0.05) is 6.92 Å². The van der Waals surface area contributed by atoms with Crippen LogP contribution in [0.15, 0.2) is 12.1 Å². The lowest BCUT2D eigenvalue weighted by molar-refractivity contribution is 0.781. The number of nitrogens with two attached hydrogens (primary N) is 1. The first kappa shape index (κ1) is 8.12. The average molecular weight is 177 g/mol. The lowest BCUT2D eigenvalue weighted by atomic mass is 10.3. The standard InChI is InChI=1S/C8H11N5/c1-2-6-3-4-7-10-11-8(5-9)13(7)12-6/h3-4H,2,5,9H2,1H3. The first-order valence-electron chi connectivity index (χ1n) is 4.25. The van der Waals surface area contributed by atoms with E-state index in [0.717, 1.165) is 17.8 Å². The zero-order chi connectivity index (χ0) is 9.26. The van der Waals surface area contributed by atoms with E-state index >= 15 is 0 Å². The molecule has 0 spiro atoms. The number of fused-ring (bicyclic) bond motifs is 1. The van der Waals surface area contributed by atoms with Gasteiger partial charge in [0, 0.05) is 0 Å². The molecule has 0 aliphatic rings. The normalized spacial score (nSPS) is 10.9. The summed E-state index contributed by atoms with van der Waals surface area (Å²) >= 11 is 0. The Bertz CT molecular complexity index is 419. The quantitative estimate of drug-likeness (QED) is 0.708. The molecule has 2 N–H and O–H groups in total. The number of nitrogens with zero attached hydrogens (tertiary/aromatic N) is 4. The maximum Gasteiger partial charge on any atom is 0.177 e. The van der Waals surface area contributed by atoms with Crippen molar-refractivity contribution < 1.29 is 0 Å². The molecule has 0 amide bonds. The summed E-state index contributed by atoms with van der Waals surface area (Å²) in [5, 5.41) is 12.2. The van der Waals surface area contributed by atoms with E-state index in [0.29, 0.717) is 12.4 Å². The van der Waals surface area contributed by atoms with Gasteiger partial charge in [0.15, 0.2) is 11.5 Å². The predicted octanol–water partition coefficient (Wildman–Crippen LogP) is 0.145. The molecule has 5 nitrogen and oxygen atoms in total. The van der Waals surface area contributed by atoms with Crippen LogP contribution in [-0.2, 0) is 13.0 Å². The lowest BCUT2D eigenvalue weighted by Gasteiger charge is -1.97. The fourth-order valence-electron chi connectivity index (χ4n) is 1.19. The topological polar surface area (TPSA) is 69.1 Å². The molecule has 0 aromatic carbocycles. The highest BCUT2D eigenvalue weighted by Gasteiger charge is 2.04. The van der Waals surface area contributed by atoms with E-state index in [1.54, 1.807) is 4.52 Å². The predicted molar refractivity (Wildman–Crippen MR) is 48.1 cm³/mol. The van der Waals surface area contributed by atoms with Crippen molar-refractivity contribution in [1.29, 1.82) is 0 Å². The molecule has 0 saturated carbocycles. The summed E-state index contributed by atoms with van der Waals surface area (Å²) in [7, 11) is 0. The van der Waals surface area contributed by atoms with Crippen molar-refractivity contribution >= 4 is 5.65 Å². The lowest BCUT2D eigenvalue weighted by Crippen LogP contribution is -2.06. The Labute approximate surface area is 75.6 Å². The van der Waals surface area contributed by atoms with Crippen LogP contribution in [0.5, 0.6) is 0 Å². The smallest absolute Gasteiger partial charge is 0.177 e. The maximum absolute atomic E-state index is 5.49. The van der Waals surface area contributed by atoms with Crippen LogP contribution in [0.1, 0.15) is 18.4 Å². The Balaban J connectivity index is 2.64. The molecule has 0 radical (unpaired) electrons. The molecule has 2 heterocycles. The number of rotatable bonds is 2. The first-order chi connectivity index (χ1) is 6.35. The Morgan fingerprint density at radius 3 is 2.92 bits per heavy atom. The summed E-state index contributed by atoms with van der Waals surface area (Å²) in [4.78, 5) is 0. The number of aryl methyl sites for hydroxylation is 1. The molecule has 2 rings (SSSR count). The van der Waals surface area contributed by atoms with Crippen LogP contribution >= 0.6 is 0 Å². The first-order valence-corrected chi connectivity index (χ1v) is 4.25. The van der Waals surface area contributed by atoms with Crippen molar-refractivity contribution in [3.63, 3.8) is 0 Å². The molecule has 13 heavy (non-hydrogen) atoms. The molecule has 0 unspecified atom stereocenters. The highest BCUT2D eigenvalue weighted by molar-refractivity contribution is 5.36. The van der Waals surface area contributed by atoms with E-state index in [-0.39, 0.29) is 0 Å². The molecule has 0 fully saturated rings. The van der Waals surface area contributed by atoms with Crippen molar-refractivity contribution in [2.45, 2.75) is 19.9 Å². The fourth-order valence-corrected chi connectivity index (χ4v) is 1.19. The number of aromatic nitrogens is 4. The summed E-state index contributed by atoms with van der Waals surface area (Å²) in [6, 6.07) is 3.85. The molecule has 2 aromatic heterocycles. The Morgan fingerprint density at radius 1 is 1.38 bits per heavy atom. The molecule has 0 saturated heterocycles. The third-order valence-electron chi connectivity index (χ3n) is 1.93. The van der Waals surface area contributed by atoms with Gasteiger partial charge in [-0.05, 0) is 18.6 Å². The minimum atomic E-state index is 0.362. The van der Waals surface area contributed by atoms with Crippen LogP contribution in [0, 0.1) is 0 Å².